The van der Waals surface area contributed by atoms with E-state index in [1.165, 1.54) is 5.56 Å². The topological polar surface area (TPSA) is 29.1 Å². The molecule has 0 aliphatic carbocycles. The fraction of sp³-hybridized carbons (Fsp3) is 0.364. The van der Waals surface area contributed by atoms with Crippen LogP contribution in [0.1, 0.15) is 18.9 Å². The predicted molar refractivity (Wildman–Crippen MR) is 62.9 cm³/mol. The summed E-state index contributed by atoms with van der Waals surface area (Å²) in [6.07, 6.45) is 1.53. The number of rotatable bonds is 4. The second-order valence-corrected chi connectivity index (χ2v) is 3.83. The second kappa shape index (κ2) is 5.81. The van der Waals surface area contributed by atoms with Crippen LogP contribution in [0.3, 0.4) is 0 Å². The number of anilines is 1. The summed E-state index contributed by atoms with van der Waals surface area (Å²) in [6.45, 7) is 1.84. The summed E-state index contributed by atoms with van der Waals surface area (Å²) in [6, 6.07) is 7.94. The van der Waals surface area contributed by atoms with Gasteiger partial charge in [-0.1, -0.05) is 35.0 Å². The zero-order valence-corrected chi connectivity index (χ0v) is 9.80. The summed E-state index contributed by atoms with van der Waals surface area (Å²) in [4.78, 5) is 11.1. The zero-order valence-electron chi connectivity index (χ0n) is 8.22. The van der Waals surface area contributed by atoms with Crippen LogP contribution in [0.5, 0.6) is 0 Å². The van der Waals surface area contributed by atoms with Crippen molar-refractivity contribution in [2.75, 3.05) is 10.6 Å². The lowest BCUT2D eigenvalue weighted by molar-refractivity contribution is -0.115. The van der Waals surface area contributed by atoms with E-state index >= 15 is 0 Å². The molecule has 0 atom stereocenters. The van der Waals surface area contributed by atoms with Crippen molar-refractivity contribution in [3.05, 3.63) is 29.8 Å². The standard InChI is InChI=1S/C11H14BrNO/c1-2-11(14)13-10-5-3-9(4-6-10)7-8-12/h3-6H,2,7-8H2,1H3,(H,13,14). The minimum absolute atomic E-state index is 0.0539. The molecule has 0 unspecified atom stereocenters. The lowest BCUT2D eigenvalue weighted by Crippen LogP contribution is -2.09. The molecule has 1 N–H and O–H groups in total. The van der Waals surface area contributed by atoms with Gasteiger partial charge in [-0.25, -0.2) is 0 Å². The average molecular weight is 256 g/mol. The molecule has 0 aliphatic heterocycles. The number of halogens is 1. The highest BCUT2D eigenvalue weighted by Gasteiger charge is 1.98. The summed E-state index contributed by atoms with van der Waals surface area (Å²) in [7, 11) is 0. The number of aryl methyl sites for hydroxylation is 1. The highest BCUT2D eigenvalue weighted by molar-refractivity contribution is 9.09. The number of alkyl halides is 1. The molecule has 0 fully saturated rings. The van der Waals surface area contributed by atoms with E-state index in [-0.39, 0.29) is 5.91 Å². The van der Waals surface area contributed by atoms with E-state index in [4.69, 9.17) is 0 Å². The number of amides is 1. The average Bonchev–Trinajstić information content (AvgIpc) is 2.21. The van der Waals surface area contributed by atoms with Crippen LogP contribution in [0.15, 0.2) is 24.3 Å². The van der Waals surface area contributed by atoms with Gasteiger partial charge in [-0.05, 0) is 24.1 Å². The molecule has 0 spiro atoms. The van der Waals surface area contributed by atoms with Crippen LogP contribution in [-0.4, -0.2) is 11.2 Å². The third kappa shape index (κ3) is 3.50. The summed E-state index contributed by atoms with van der Waals surface area (Å²) >= 11 is 3.39. The molecule has 14 heavy (non-hydrogen) atoms. The number of carbonyl (C=O) groups excluding carboxylic acids is 1. The summed E-state index contributed by atoms with van der Waals surface area (Å²) < 4.78 is 0. The van der Waals surface area contributed by atoms with Gasteiger partial charge in [0.15, 0.2) is 0 Å². The number of hydrogen-bond acceptors (Lipinski definition) is 1. The first-order valence-corrected chi connectivity index (χ1v) is 5.83. The van der Waals surface area contributed by atoms with E-state index in [1.807, 2.05) is 31.2 Å². The van der Waals surface area contributed by atoms with Crippen molar-refractivity contribution in [3.63, 3.8) is 0 Å². The van der Waals surface area contributed by atoms with Gasteiger partial charge in [0.05, 0.1) is 0 Å². The van der Waals surface area contributed by atoms with Crippen LogP contribution in [0.2, 0.25) is 0 Å². The molecule has 0 heterocycles. The van der Waals surface area contributed by atoms with Crippen molar-refractivity contribution in [1.29, 1.82) is 0 Å². The van der Waals surface area contributed by atoms with Crippen molar-refractivity contribution >= 4 is 27.5 Å². The fourth-order valence-corrected chi connectivity index (χ4v) is 1.57. The normalized spacial score (nSPS) is 9.86. The maximum Gasteiger partial charge on any atom is 0.224 e. The van der Waals surface area contributed by atoms with Gasteiger partial charge in [0.25, 0.3) is 0 Å². The Morgan fingerprint density at radius 3 is 2.50 bits per heavy atom. The monoisotopic (exact) mass is 255 g/mol. The Kier molecular flexibility index (Phi) is 4.66. The van der Waals surface area contributed by atoms with Crippen LogP contribution in [0, 0.1) is 0 Å². The van der Waals surface area contributed by atoms with Crippen LogP contribution < -0.4 is 5.32 Å². The van der Waals surface area contributed by atoms with E-state index < -0.39 is 0 Å². The zero-order chi connectivity index (χ0) is 10.4. The highest BCUT2D eigenvalue weighted by atomic mass is 79.9. The predicted octanol–water partition coefficient (Wildman–Crippen LogP) is 2.97. The summed E-state index contributed by atoms with van der Waals surface area (Å²) in [5.74, 6) is 0.0539. The number of nitrogens with one attached hydrogen (secondary N) is 1. The largest absolute Gasteiger partial charge is 0.326 e. The molecule has 1 aromatic rings. The Labute approximate surface area is 92.8 Å². The lowest BCUT2D eigenvalue weighted by atomic mass is 10.1. The Hall–Kier alpha value is -0.830. The maximum absolute atomic E-state index is 11.1. The molecule has 1 amide bonds. The van der Waals surface area contributed by atoms with Gasteiger partial charge in [0.2, 0.25) is 5.91 Å². The molecule has 3 heteroatoms. The van der Waals surface area contributed by atoms with E-state index in [2.05, 4.69) is 21.2 Å². The number of carbonyl (C=O) groups is 1. The van der Waals surface area contributed by atoms with E-state index in [0.29, 0.717) is 6.42 Å². The van der Waals surface area contributed by atoms with Crippen molar-refractivity contribution in [1.82, 2.24) is 0 Å². The van der Waals surface area contributed by atoms with E-state index in [1.54, 1.807) is 0 Å². The summed E-state index contributed by atoms with van der Waals surface area (Å²) in [5, 5.41) is 3.78. The van der Waals surface area contributed by atoms with Crippen LogP contribution >= 0.6 is 15.9 Å². The molecular formula is C11H14BrNO. The third-order valence-electron chi connectivity index (χ3n) is 1.94. The van der Waals surface area contributed by atoms with Crippen molar-refractivity contribution < 1.29 is 4.79 Å². The SMILES string of the molecule is CCC(=O)Nc1ccc(CCBr)cc1. The Balaban J connectivity index is 2.59. The Morgan fingerprint density at radius 2 is 2.00 bits per heavy atom. The van der Waals surface area contributed by atoms with Crippen LogP contribution in [0.4, 0.5) is 5.69 Å². The van der Waals surface area contributed by atoms with Crippen LogP contribution in [-0.2, 0) is 11.2 Å². The minimum Gasteiger partial charge on any atom is -0.326 e. The molecule has 0 saturated carbocycles. The molecule has 0 aromatic heterocycles. The van der Waals surface area contributed by atoms with Gasteiger partial charge >= 0.3 is 0 Å². The molecule has 0 aliphatic rings. The van der Waals surface area contributed by atoms with Gasteiger partial charge in [-0.15, -0.1) is 0 Å². The molecule has 0 bridgehead atoms. The number of benzene rings is 1. The van der Waals surface area contributed by atoms with Crippen LogP contribution in [0.25, 0.3) is 0 Å². The quantitative estimate of drug-likeness (QED) is 0.824. The second-order valence-electron chi connectivity index (χ2n) is 3.04. The van der Waals surface area contributed by atoms with Gasteiger partial charge in [0, 0.05) is 17.4 Å². The minimum atomic E-state index is 0.0539. The Bertz CT molecular complexity index is 295. The molecular weight excluding hydrogens is 242 g/mol. The molecule has 2 nitrogen and oxygen atoms in total. The van der Waals surface area contributed by atoms with Gasteiger partial charge in [-0.2, -0.15) is 0 Å². The maximum atomic E-state index is 11.1. The first-order valence-electron chi connectivity index (χ1n) is 4.71. The fourth-order valence-electron chi connectivity index (χ4n) is 1.11. The molecule has 0 radical (unpaired) electrons. The first-order chi connectivity index (χ1) is 6.76. The molecule has 1 rings (SSSR count). The van der Waals surface area contributed by atoms with Gasteiger partial charge < -0.3 is 5.32 Å². The lowest BCUT2D eigenvalue weighted by Gasteiger charge is -2.04. The number of hydrogen-bond donors (Lipinski definition) is 1. The Morgan fingerprint density at radius 1 is 1.36 bits per heavy atom. The van der Waals surface area contributed by atoms with Crippen molar-refractivity contribution in [2.45, 2.75) is 19.8 Å². The summed E-state index contributed by atoms with van der Waals surface area (Å²) in [5.41, 5.74) is 2.14. The molecule has 1 aromatic carbocycles. The molecule has 76 valence electrons. The first kappa shape index (κ1) is 11.2. The van der Waals surface area contributed by atoms with E-state index in [0.717, 1.165) is 17.4 Å². The van der Waals surface area contributed by atoms with Gasteiger partial charge in [0.1, 0.15) is 0 Å². The highest BCUT2D eigenvalue weighted by Crippen LogP contribution is 2.10. The van der Waals surface area contributed by atoms with Crippen molar-refractivity contribution in [2.24, 2.45) is 0 Å². The third-order valence-corrected chi connectivity index (χ3v) is 2.34. The van der Waals surface area contributed by atoms with E-state index in [9.17, 15) is 4.79 Å². The smallest absolute Gasteiger partial charge is 0.224 e. The van der Waals surface area contributed by atoms with Gasteiger partial charge in [-0.3, -0.25) is 4.79 Å². The van der Waals surface area contributed by atoms with Crippen molar-refractivity contribution in [3.8, 4) is 0 Å². The molecule has 0 saturated heterocycles.